The molecule has 0 spiro atoms. The molecule has 0 aromatic carbocycles. The molecular formula is C13H20Cl2N6. The van der Waals surface area contributed by atoms with Crippen LogP contribution < -0.4 is 11.1 Å². The van der Waals surface area contributed by atoms with Crippen LogP contribution in [0, 0.1) is 0 Å². The third-order valence-corrected chi connectivity index (χ3v) is 3.54. The van der Waals surface area contributed by atoms with Crippen LogP contribution in [-0.2, 0) is 6.42 Å². The van der Waals surface area contributed by atoms with Gasteiger partial charge >= 0.3 is 0 Å². The van der Waals surface area contributed by atoms with Crippen LogP contribution in [0.25, 0.3) is 0 Å². The second kappa shape index (κ2) is 8.17. The molecule has 1 aliphatic carbocycles. The standard InChI is InChI=1S/C13H18N6.2ClH/c14-10-5-9(6-10)12-7-13(17-8-16-12)15-3-1-11-2-4-18-19-11;;/h2,4,7-10H,1,3,5-6,14H2,(H,18,19)(H,15,16,17);2*1H. The summed E-state index contributed by atoms with van der Waals surface area (Å²) in [5, 5.41) is 10.2. The van der Waals surface area contributed by atoms with Gasteiger partial charge in [-0.25, -0.2) is 9.97 Å². The number of rotatable bonds is 5. The first-order valence-corrected chi connectivity index (χ1v) is 6.61. The number of halogens is 2. The number of hydrogen-bond donors (Lipinski definition) is 3. The van der Waals surface area contributed by atoms with Crippen LogP contribution in [0.3, 0.4) is 0 Å². The number of anilines is 1. The predicted octanol–water partition coefficient (Wildman–Crippen LogP) is 1.90. The Hall–Kier alpha value is -1.37. The smallest absolute Gasteiger partial charge is 0.129 e. The second-order valence-electron chi connectivity index (χ2n) is 5.02. The number of aromatic amines is 1. The molecule has 1 aliphatic rings. The molecule has 0 atom stereocenters. The molecule has 2 heterocycles. The van der Waals surface area contributed by atoms with Crippen molar-refractivity contribution in [1.82, 2.24) is 20.2 Å². The van der Waals surface area contributed by atoms with E-state index < -0.39 is 0 Å². The fourth-order valence-electron chi connectivity index (χ4n) is 2.34. The lowest BCUT2D eigenvalue weighted by molar-refractivity contribution is 0.345. The highest BCUT2D eigenvalue weighted by molar-refractivity contribution is 5.85. The van der Waals surface area contributed by atoms with Gasteiger partial charge in [0.2, 0.25) is 0 Å². The van der Waals surface area contributed by atoms with Gasteiger partial charge in [-0.2, -0.15) is 5.10 Å². The van der Waals surface area contributed by atoms with Crippen molar-refractivity contribution < 1.29 is 0 Å². The molecule has 0 aliphatic heterocycles. The van der Waals surface area contributed by atoms with E-state index in [0.29, 0.717) is 12.0 Å². The Morgan fingerprint density at radius 1 is 1.29 bits per heavy atom. The Kier molecular flexibility index (Phi) is 6.87. The molecule has 0 amide bonds. The summed E-state index contributed by atoms with van der Waals surface area (Å²) < 4.78 is 0. The lowest BCUT2D eigenvalue weighted by atomic mass is 9.79. The van der Waals surface area contributed by atoms with Crippen molar-refractivity contribution in [1.29, 1.82) is 0 Å². The quantitative estimate of drug-likeness (QED) is 0.778. The number of H-pyrrole nitrogens is 1. The first-order chi connectivity index (χ1) is 9.31. The average Bonchev–Trinajstić information content (AvgIpc) is 2.89. The molecule has 0 radical (unpaired) electrons. The maximum Gasteiger partial charge on any atom is 0.129 e. The van der Waals surface area contributed by atoms with E-state index in [1.54, 1.807) is 12.5 Å². The normalized spacial score (nSPS) is 19.9. The van der Waals surface area contributed by atoms with E-state index in [0.717, 1.165) is 43.0 Å². The van der Waals surface area contributed by atoms with Gasteiger partial charge in [-0.1, -0.05) is 0 Å². The van der Waals surface area contributed by atoms with Gasteiger partial charge in [0.25, 0.3) is 0 Å². The minimum Gasteiger partial charge on any atom is -0.370 e. The molecule has 1 saturated carbocycles. The highest BCUT2D eigenvalue weighted by Crippen LogP contribution is 2.34. The minimum atomic E-state index is 0. The predicted molar refractivity (Wildman–Crippen MR) is 87.3 cm³/mol. The van der Waals surface area contributed by atoms with Crippen LogP contribution in [0.4, 0.5) is 5.82 Å². The molecule has 0 saturated heterocycles. The lowest BCUT2D eigenvalue weighted by Crippen LogP contribution is -2.35. The van der Waals surface area contributed by atoms with Gasteiger partial charge in [-0.05, 0) is 18.9 Å². The SMILES string of the molecule is Cl.Cl.NC1CC(c2cc(NCCc3ccn[nH]3)ncn2)C1. The molecule has 8 heteroatoms. The van der Waals surface area contributed by atoms with Gasteiger partial charge in [0.05, 0.1) is 0 Å². The number of aromatic nitrogens is 4. The summed E-state index contributed by atoms with van der Waals surface area (Å²) in [6.45, 7) is 0.822. The summed E-state index contributed by atoms with van der Waals surface area (Å²) in [5.41, 5.74) is 8.03. The van der Waals surface area contributed by atoms with Crippen LogP contribution >= 0.6 is 24.8 Å². The highest BCUT2D eigenvalue weighted by atomic mass is 35.5. The van der Waals surface area contributed by atoms with Gasteiger partial charge in [-0.15, -0.1) is 24.8 Å². The van der Waals surface area contributed by atoms with Crippen molar-refractivity contribution in [3.63, 3.8) is 0 Å². The Labute approximate surface area is 136 Å². The summed E-state index contributed by atoms with van der Waals surface area (Å²) in [7, 11) is 0. The van der Waals surface area contributed by atoms with E-state index in [-0.39, 0.29) is 24.8 Å². The van der Waals surface area contributed by atoms with E-state index in [4.69, 9.17) is 5.73 Å². The van der Waals surface area contributed by atoms with Crippen LogP contribution in [-0.4, -0.2) is 32.8 Å². The van der Waals surface area contributed by atoms with Gasteiger partial charge in [-0.3, -0.25) is 5.10 Å². The Morgan fingerprint density at radius 2 is 2.10 bits per heavy atom. The molecule has 2 aromatic rings. The van der Waals surface area contributed by atoms with E-state index in [9.17, 15) is 0 Å². The molecule has 116 valence electrons. The number of nitrogens with one attached hydrogen (secondary N) is 2. The minimum absolute atomic E-state index is 0. The average molecular weight is 331 g/mol. The molecule has 21 heavy (non-hydrogen) atoms. The Bertz CT molecular complexity index is 527. The van der Waals surface area contributed by atoms with Crippen molar-refractivity contribution in [2.24, 2.45) is 5.73 Å². The largest absolute Gasteiger partial charge is 0.370 e. The second-order valence-corrected chi connectivity index (χ2v) is 5.02. The van der Waals surface area contributed by atoms with Gasteiger partial charge in [0.15, 0.2) is 0 Å². The van der Waals surface area contributed by atoms with Crippen LogP contribution in [0.2, 0.25) is 0 Å². The monoisotopic (exact) mass is 330 g/mol. The molecule has 6 nitrogen and oxygen atoms in total. The fraction of sp³-hybridized carbons (Fsp3) is 0.462. The molecule has 1 fully saturated rings. The van der Waals surface area contributed by atoms with Crippen LogP contribution in [0.1, 0.15) is 30.1 Å². The summed E-state index contributed by atoms with van der Waals surface area (Å²) in [5.74, 6) is 1.39. The lowest BCUT2D eigenvalue weighted by Gasteiger charge is -2.31. The van der Waals surface area contributed by atoms with E-state index in [2.05, 4.69) is 25.5 Å². The zero-order valence-electron chi connectivity index (χ0n) is 11.5. The summed E-state index contributed by atoms with van der Waals surface area (Å²) in [6.07, 6.45) is 6.35. The summed E-state index contributed by atoms with van der Waals surface area (Å²) >= 11 is 0. The van der Waals surface area contributed by atoms with Crippen molar-refractivity contribution in [3.05, 3.63) is 36.0 Å². The van der Waals surface area contributed by atoms with Crippen LogP contribution in [0.5, 0.6) is 0 Å². The van der Waals surface area contributed by atoms with Gasteiger partial charge in [0.1, 0.15) is 12.1 Å². The number of hydrogen-bond acceptors (Lipinski definition) is 5. The van der Waals surface area contributed by atoms with E-state index in [1.807, 2.05) is 12.1 Å². The maximum absolute atomic E-state index is 5.81. The van der Waals surface area contributed by atoms with Gasteiger partial charge in [0, 0.05) is 48.6 Å². The first-order valence-electron chi connectivity index (χ1n) is 6.61. The third-order valence-electron chi connectivity index (χ3n) is 3.54. The van der Waals surface area contributed by atoms with Crippen LogP contribution in [0.15, 0.2) is 24.7 Å². The molecule has 0 bridgehead atoms. The van der Waals surface area contributed by atoms with Gasteiger partial charge < -0.3 is 11.1 Å². The molecule has 0 unspecified atom stereocenters. The molecular weight excluding hydrogens is 311 g/mol. The molecule has 3 rings (SSSR count). The Morgan fingerprint density at radius 3 is 2.76 bits per heavy atom. The van der Waals surface area contributed by atoms with E-state index in [1.165, 1.54) is 0 Å². The zero-order valence-corrected chi connectivity index (χ0v) is 13.2. The summed E-state index contributed by atoms with van der Waals surface area (Å²) in [6, 6.07) is 4.35. The first kappa shape index (κ1) is 17.7. The fourth-order valence-corrected chi connectivity index (χ4v) is 2.34. The molecule has 2 aromatic heterocycles. The Balaban J connectivity index is 0.00000110. The van der Waals surface area contributed by atoms with E-state index >= 15 is 0 Å². The number of nitrogens with two attached hydrogens (primary N) is 1. The topological polar surface area (TPSA) is 92.5 Å². The zero-order chi connectivity index (χ0) is 13.1. The van der Waals surface area contributed by atoms with Crippen molar-refractivity contribution >= 4 is 30.6 Å². The highest BCUT2D eigenvalue weighted by Gasteiger charge is 2.28. The number of nitrogens with zero attached hydrogens (tertiary/aromatic N) is 3. The summed E-state index contributed by atoms with van der Waals surface area (Å²) in [4.78, 5) is 8.57. The molecule has 4 N–H and O–H groups in total. The van der Waals surface area contributed by atoms with Crippen molar-refractivity contribution in [2.75, 3.05) is 11.9 Å². The van der Waals surface area contributed by atoms with Crippen molar-refractivity contribution in [3.8, 4) is 0 Å². The van der Waals surface area contributed by atoms with Crippen molar-refractivity contribution in [2.45, 2.75) is 31.2 Å². The third kappa shape index (κ3) is 4.56. The maximum atomic E-state index is 5.81.